The first kappa shape index (κ1) is 19.6. The monoisotopic (exact) mass is 497 g/mol. The van der Waals surface area contributed by atoms with Crippen LogP contribution in [-0.4, -0.2) is 9.97 Å². The Kier molecular flexibility index (Phi) is 7.87. The number of hydrogen-bond acceptors (Lipinski definition) is 4. The molecule has 0 unspecified atom stereocenters. The normalized spacial score (nSPS) is 9.33. The molecule has 0 spiro atoms. The second kappa shape index (κ2) is 9.63. The summed E-state index contributed by atoms with van der Waals surface area (Å²) in [5.74, 6) is 1.44. The van der Waals surface area contributed by atoms with Crippen LogP contribution in [0.15, 0.2) is 75.1 Å². The minimum atomic E-state index is 0. The molecule has 0 aromatic carbocycles. The van der Waals surface area contributed by atoms with Crippen molar-refractivity contribution in [1.82, 2.24) is 9.97 Å². The minimum Gasteiger partial charge on any atom is -0.470 e. The molecule has 2 aromatic heterocycles. The number of anilines is 2. The van der Waals surface area contributed by atoms with E-state index in [1.54, 1.807) is 22.2 Å². The molecular weight excluding hydrogens is 479 g/mol. The van der Waals surface area contributed by atoms with E-state index in [1.165, 1.54) is 0 Å². The van der Waals surface area contributed by atoms with Crippen LogP contribution in [0.4, 0.5) is 11.6 Å². The van der Waals surface area contributed by atoms with Gasteiger partial charge in [-0.25, -0.2) is 0 Å². The summed E-state index contributed by atoms with van der Waals surface area (Å²) in [7, 11) is 0. The molecule has 0 bridgehead atoms. The van der Waals surface area contributed by atoms with E-state index in [9.17, 15) is 0 Å². The Hall–Kier alpha value is -2.45. The fourth-order valence-corrected chi connectivity index (χ4v) is 2.06. The average Bonchev–Trinajstić information content (AvgIpc) is 2.58. The first-order valence-electron chi connectivity index (χ1n) is 7.02. The third kappa shape index (κ3) is 4.77. The van der Waals surface area contributed by atoms with Gasteiger partial charge in [0.15, 0.2) is 0 Å². The standard InChI is InChI=1S/C19H18N4.Pt/c1-5-22(6-2)18-13-9-11-16(20-18)15-17-12-10-14-19(21-17)23(7-3)8-4;/h5,7,9-14H,1-4,15H2;/q-2;+2. The van der Waals surface area contributed by atoms with Gasteiger partial charge in [0.25, 0.3) is 0 Å². The van der Waals surface area contributed by atoms with Crippen LogP contribution in [0.25, 0.3) is 0 Å². The van der Waals surface area contributed by atoms with Crippen LogP contribution in [0.5, 0.6) is 0 Å². The van der Waals surface area contributed by atoms with Crippen LogP contribution in [0, 0.1) is 12.4 Å². The van der Waals surface area contributed by atoms with Gasteiger partial charge in [-0.05, 0) is 12.1 Å². The van der Waals surface area contributed by atoms with Crippen LogP contribution in [0.1, 0.15) is 11.4 Å². The SMILES string of the molecule is C=[C-]N(C=C)c1cccc(Cc2cccc(N([C-]=C)C=C)n2)n1.[Pt+2]. The first-order valence-corrected chi connectivity index (χ1v) is 7.02. The number of hydrogen-bond donors (Lipinski definition) is 0. The fraction of sp³-hybridized carbons (Fsp3) is 0.0526. The molecule has 0 N–H and O–H groups in total. The van der Waals surface area contributed by atoms with Crippen molar-refractivity contribution in [3.8, 4) is 0 Å². The number of pyridine rings is 2. The maximum absolute atomic E-state index is 4.58. The quantitative estimate of drug-likeness (QED) is 0.410. The molecule has 0 aliphatic carbocycles. The molecule has 0 saturated heterocycles. The largest absolute Gasteiger partial charge is 2.00 e. The molecule has 24 heavy (non-hydrogen) atoms. The molecule has 2 heterocycles. The molecule has 0 fully saturated rings. The molecule has 0 aliphatic rings. The van der Waals surface area contributed by atoms with Gasteiger partial charge in [-0.2, -0.15) is 0 Å². The molecule has 4 nitrogen and oxygen atoms in total. The van der Waals surface area contributed by atoms with E-state index < -0.39 is 0 Å². The van der Waals surface area contributed by atoms with Crippen molar-refractivity contribution in [1.29, 1.82) is 0 Å². The first-order chi connectivity index (χ1) is 11.2. The van der Waals surface area contributed by atoms with E-state index in [0.717, 1.165) is 23.0 Å². The molecule has 5 heteroatoms. The third-order valence-corrected chi connectivity index (χ3v) is 3.15. The summed E-state index contributed by atoms with van der Waals surface area (Å²) >= 11 is 0. The van der Waals surface area contributed by atoms with Crippen LogP contribution >= 0.6 is 0 Å². The number of nitrogens with zero attached hydrogens (tertiary/aromatic N) is 4. The molecule has 0 saturated carbocycles. The van der Waals surface area contributed by atoms with Crippen molar-refractivity contribution in [3.63, 3.8) is 0 Å². The molecule has 2 rings (SSSR count). The topological polar surface area (TPSA) is 32.3 Å². The Bertz CT molecular complexity index is 649. The molecule has 0 amide bonds. The van der Waals surface area contributed by atoms with Crippen LogP contribution in [-0.2, 0) is 27.5 Å². The van der Waals surface area contributed by atoms with Gasteiger partial charge in [0.05, 0.1) is 0 Å². The van der Waals surface area contributed by atoms with E-state index in [2.05, 4.69) is 48.7 Å². The van der Waals surface area contributed by atoms with Crippen LogP contribution in [0.3, 0.4) is 0 Å². The molecule has 124 valence electrons. The van der Waals surface area contributed by atoms with Gasteiger partial charge < -0.3 is 9.80 Å². The minimum absolute atomic E-state index is 0. The summed E-state index contributed by atoms with van der Waals surface area (Å²) in [4.78, 5) is 12.4. The van der Waals surface area contributed by atoms with E-state index >= 15 is 0 Å². The number of aromatic nitrogens is 2. The van der Waals surface area contributed by atoms with Gasteiger partial charge in [0.1, 0.15) is 0 Å². The molecular formula is C19H18N4Pt. The third-order valence-electron chi connectivity index (χ3n) is 3.15. The summed E-state index contributed by atoms with van der Waals surface area (Å²) in [6.45, 7) is 14.7. The Morgan fingerprint density at radius 2 is 1.25 bits per heavy atom. The maximum atomic E-state index is 4.58. The second-order valence-electron chi connectivity index (χ2n) is 4.57. The molecule has 0 radical (unpaired) electrons. The smallest absolute Gasteiger partial charge is 0.470 e. The molecule has 0 atom stereocenters. The average molecular weight is 497 g/mol. The van der Waals surface area contributed by atoms with Gasteiger partial charge in [-0.15, -0.1) is 51.1 Å². The van der Waals surface area contributed by atoms with E-state index in [4.69, 9.17) is 0 Å². The summed E-state index contributed by atoms with van der Waals surface area (Å²) < 4.78 is 0. The van der Waals surface area contributed by atoms with E-state index in [1.807, 2.05) is 36.4 Å². The zero-order valence-electron chi connectivity index (χ0n) is 13.3. The summed E-state index contributed by atoms with van der Waals surface area (Å²) in [6, 6.07) is 11.5. The van der Waals surface area contributed by atoms with Gasteiger partial charge in [0, 0.05) is 29.4 Å². The zero-order valence-corrected chi connectivity index (χ0v) is 15.5. The Balaban J connectivity index is 0.00000288. The molecule has 0 aliphatic heterocycles. The van der Waals surface area contributed by atoms with Crippen molar-refractivity contribution in [3.05, 3.63) is 98.9 Å². The summed E-state index contributed by atoms with van der Waals surface area (Å²) in [6.07, 6.45) is 9.33. The predicted octanol–water partition coefficient (Wildman–Crippen LogP) is 3.86. The van der Waals surface area contributed by atoms with Gasteiger partial charge >= 0.3 is 21.1 Å². The van der Waals surface area contributed by atoms with Crippen molar-refractivity contribution < 1.29 is 21.1 Å². The predicted molar refractivity (Wildman–Crippen MR) is 94.4 cm³/mol. The van der Waals surface area contributed by atoms with E-state index in [0.29, 0.717) is 6.42 Å². The van der Waals surface area contributed by atoms with Gasteiger partial charge in [-0.3, -0.25) is 9.97 Å². The van der Waals surface area contributed by atoms with E-state index in [-0.39, 0.29) is 21.1 Å². The van der Waals surface area contributed by atoms with Crippen LogP contribution in [0.2, 0.25) is 0 Å². The van der Waals surface area contributed by atoms with Crippen molar-refractivity contribution in [2.75, 3.05) is 9.80 Å². The van der Waals surface area contributed by atoms with Crippen LogP contribution < -0.4 is 9.80 Å². The Morgan fingerprint density at radius 3 is 1.58 bits per heavy atom. The molecule has 2 aromatic rings. The van der Waals surface area contributed by atoms with Gasteiger partial charge in [-0.1, -0.05) is 24.3 Å². The van der Waals surface area contributed by atoms with Gasteiger partial charge in [0.2, 0.25) is 0 Å². The Morgan fingerprint density at radius 1 is 0.833 bits per heavy atom. The fourth-order valence-electron chi connectivity index (χ4n) is 2.06. The maximum Gasteiger partial charge on any atom is 2.00 e. The summed E-state index contributed by atoms with van der Waals surface area (Å²) in [5.41, 5.74) is 1.78. The van der Waals surface area contributed by atoms with Crippen molar-refractivity contribution in [2.24, 2.45) is 0 Å². The zero-order chi connectivity index (χ0) is 16.7. The Labute approximate surface area is 157 Å². The summed E-state index contributed by atoms with van der Waals surface area (Å²) in [5, 5.41) is 0. The number of rotatable bonds is 8. The van der Waals surface area contributed by atoms with Crippen molar-refractivity contribution >= 4 is 11.6 Å². The van der Waals surface area contributed by atoms with Crippen molar-refractivity contribution in [2.45, 2.75) is 6.42 Å². The second-order valence-corrected chi connectivity index (χ2v) is 4.57.